The van der Waals surface area contributed by atoms with Gasteiger partial charge in [0.2, 0.25) is 0 Å². The van der Waals surface area contributed by atoms with E-state index in [1.54, 1.807) is 11.8 Å². The van der Waals surface area contributed by atoms with Gasteiger partial charge in [0.1, 0.15) is 0 Å². The molecule has 0 amide bonds. The molecule has 1 saturated heterocycles. The first-order valence-electron chi connectivity index (χ1n) is 16.8. The number of thioether (sulfide) groups is 1. The van der Waals surface area contributed by atoms with Gasteiger partial charge in [0.25, 0.3) is 0 Å². The van der Waals surface area contributed by atoms with Crippen LogP contribution in [0, 0.1) is 41.5 Å². The summed E-state index contributed by atoms with van der Waals surface area (Å²) >= 11 is 9.60. The summed E-state index contributed by atoms with van der Waals surface area (Å²) in [6, 6.07) is 35.1. The second-order valence-corrected chi connectivity index (χ2v) is 15.4. The van der Waals surface area contributed by atoms with Crippen molar-refractivity contribution in [3.63, 3.8) is 0 Å². The van der Waals surface area contributed by atoms with E-state index in [4.69, 9.17) is 17.4 Å². The Hall–Kier alpha value is -3.57. The van der Waals surface area contributed by atoms with Crippen LogP contribution in [0.2, 0.25) is 0 Å². The van der Waals surface area contributed by atoms with E-state index in [1.165, 1.54) is 66.3 Å². The number of fused-ring (bicyclic) bond motifs is 3. The number of hydrogen-bond donors (Lipinski definition) is 1. The number of ether oxygens (including phenoxy) is 1. The molecule has 1 aliphatic rings. The number of benzene rings is 6. The van der Waals surface area contributed by atoms with E-state index >= 15 is 0 Å². The average molecular weight is 768 g/mol. The molecule has 0 bridgehead atoms. The van der Waals surface area contributed by atoms with Gasteiger partial charge in [-0.05, 0) is 0 Å². The first kappa shape index (κ1) is 33.9. The van der Waals surface area contributed by atoms with Crippen LogP contribution in [0.4, 0.5) is 11.4 Å². The van der Waals surface area contributed by atoms with Gasteiger partial charge in [-0.15, -0.1) is 0 Å². The molecule has 249 valence electrons. The van der Waals surface area contributed by atoms with Crippen molar-refractivity contribution in [2.75, 3.05) is 22.9 Å². The summed E-state index contributed by atoms with van der Waals surface area (Å²) in [5.41, 5.74) is 11.0. The molecule has 0 radical (unpaired) electrons. The van der Waals surface area contributed by atoms with E-state index in [2.05, 4.69) is 171 Å². The molecule has 0 unspecified atom stereocenters. The monoisotopic (exact) mass is 768 g/mol. The Bertz CT molecular complexity index is 2120. The first-order chi connectivity index (χ1) is 23.6. The molecule has 6 aromatic carbocycles. The molecule has 0 N–H and O–H groups in total. The third-order valence-corrected chi connectivity index (χ3v) is 12.0. The Morgan fingerprint density at radius 3 is 1.86 bits per heavy atom. The number of aryl methyl sites for hydroxylation is 6. The molecule has 0 spiro atoms. The van der Waals surface area contributed by atoms with E-state index in [0.717, 1.165) is 34.2 Å². The zero-order valence-corrected chi connectivity index (χ0v) is 32.3. The summed E-state index contributed by atoms with van der Waals surface area (Å²) in [4.78, 5) is 7.30. The Labute approximate surface area is 310 Å². The predicted octanol–water partition coefficient (Wildman–Crippen LogP) is 10.7. The van der Waals surface area contributed by atoms with Crippen LogP contribution in [-0.2, 0) is 17.9 Å². The third-order valence-electron chi connectivity index (χ3n) is 9.66. The van der Waals surface area contributed by atoms with Crippen molar-refractivity contribution >= 4 is 61.9 Å². The molecule has 6 aromatic rings. The van der Waals surface area contributed by atoms with Crippen molar-refractivity contribution in [3.05, 3.63) is 136 Å². The molecular weight excluding hydrogens is 726 g/mol. The molecule has 6 heteroatoms. The topological polar surface area (TPSA) is 15.7 Å². The zero-order valence-electron chi connectivity index (χ0n) is 28.9. The van der Waals surface area contributed by atoms with Crippen LogP contribution >= 0.6 is 24.4 Å². The van der Waals surface area contributed by atoms with Crippen LogP contribution < -0.4 is 14.5 Å². The molecular formula is C43H42N2ORuS2+. The molecule has 1 heterocycles. The Morgan fingerprint density at radius 1 is 0.714 bits per heavy atom. The van der Waals surface area contributed by atoms with Gasteiger partial charge < -0.3 is 0 Å². The van der Waals surface area contributed by atoms with Gasteiger partial charge in [0.15, 0.2) is 0 Å². The average Bonchev–Trinajstić information content (AvgIpc) is 3.48. The first-order valence-corrected chi connectivity index (χ1v) is 19.1. The number of para-hydroxylation sites is 1. The fourth-order valence-corrected chi connectivity index (χ4v) is 10.0. The summed E-state index contributed by atoms with van der Waals surface area (Å²) in [7, 11) is 0. The van der Waals surface area contributed by atoms with Gasteiger partial charge in [-0.2, -0.15) is 0 Å². The Balaban J connectivity index is 1.48. The number of thiol groups is 1. The van der Waals surface area contributed by atoms with Gasteiger partial charge in [-0.3, -0.25) is 0 Å². The van der Waals surface area contributed by atoms with Crippen molar-refractivity contribution in [1.29, 1.82) is 0 Å². The molecule has 0 aliphatic carbocycles. The SMILES string of the molecule is Cc1cc(C)c(N2CCN(c3c(C)cc(C)cc3C)C2[C@H](Oc2ccccc2[CH]=[Ru+])Sc2c(S)ccc3ccc4ccccc4c23)c(C)c1. The van der Waals surface area contributed by atoms with Crippen LogP contribution in [-0.4, -0.2) is 29.3 Å². The maximum atomic E-state index is 7.35. The van der Waals surface area contributed by atoms with Crippen molar-refractivity contribution in [2.45, 2.75) is 62.9 Å². The van der Waals surface area contributed by atoms with E-state index in [-0.39, 0.29) is 11.6 Å². The molecule has 0 saturated carbocycles. The number of rotatable bonds is 8. The standard InChI is InChI=1S/C43H42N2OS2.Ru/c1-26-22-29(4)39(30(5)23-26)44-20-21-45(40-31(6)24-27(2)25-32(40)7)42(44)43(46-36-15-11-8-12-28(36)3)48-41-37(47)19-18-34-17-16-33-13-9-10-14-35(33)38(34)41;/h3,8-19,22-25,42-43,47H,20-21H2,1-2,4-7H3;/q;+1/t43-;/m1./s1. The number of anilines is 2. The summed E-state index contributed by atoms with van der Waals surface area (Å²) in [5.74, 6) is 0.867. The molecule has 1 aliphatic heterocycles. The summed E-state index contributed by atoms with van der Waals surface area (Å²) in [6.45, 7) is 15.1. The fraction of sp³-hybridized carbons (Fsp3) is 0.233. The molecule has 3 nitrogen and oxygen atoms in total. The van der Waals surface area contributed by atoms with E-state index in [9.17, 15) is 0 Å². The number of hydrogen-bond acceptors (Lipinski definition) is 5. The summed E-state index contributed by atoms with van der Waals surface area (Å²) in [5, 5.41) is 4.87. The Kier molecular flexibility index (Phi) is 9.67. The van der Waals surface area contributed by atoms with Gasteiger partial charge in [-0.25, -0.2) is 0 Å². The van der Waals surface area contributed by atoms with Crippen LogP contribution in [0.1, 0.15) is 38.9 Å². The fourth-order valence-electron chi connectivity index (χ4n) is 7.91. The van der Waals surface area contributed by atoms with Crippen molar-refractivity contribution < 1.29 is 22.6 Å². The van der Waals surface area contributed by atoms with Crippen molar-refractivity contribution in [3.8, 4) is 5.75 Å². The van der Waals surface area contributed by atoms with E-state index < -0.39 is 0 Å². The Morgan fingerprint density at radius 2 is 1.24 bits per heavy atom. The van der Waals surface area contributed by atoms with Gasteiger partial charge in [-0.1, -0.05) is 0 Å². The normalized spacial score (nSPS) is 14.2. The molecule has 1 fully saturated rings. The van der Waals surface area contributed by atoms with Crippen LogP contribution in [0.3, 0.4) is 0 Å². The third kappa shape index (κ3) is 6.44. The minimum atomic E-state index is -0.328. The molecule has 1 atom stereocenters. The van der Waals surface area contributed by atoms with Gasteiger partial charge >= 0.3 is 312 Å². The van der Waals surface area contributed by atoms with Crippen molar-refractivity contribution in [2.24, 2.45) is 0 Å². The quantitative estimate of drug-likeness (QED) is 0.0545. The van der Waals surface area contributed by atoms with Crippen LogP contribution in [0.5, 0.6) is 5.75 Å². The number of nitrogens with zero attached hydrogens (tertiary/aromatic N) is 2. The maximum absolute atomic E-state index is 7.35. The second-order valence-electron chi connectivity index (χ2n) is 13.3. The van der Waals surface area contributed by atoms with E-state index in [0.29, 0.717) is 0 Å². The summed E-state index contributed by atoms with van der Waals surface area (Å²) in [6.07, 6.45) is -0.123. The van der Waals surface area contributed by atoms with Crippen LogP contribution in [0.25, 0.3) is 21.5 Å². The van der Waals surface area contributed by atoms with E-state index in [1.807, 2.05) is 0 Å². The molecule has 49 heavy (non-hydrogen) atoms. The molecule has 7 rings (SSSR count). The van der Waals surface area contributed by atoms with Gasteiger partial charge in [0.05, 0.1) is 0 Å². The van der Waals surface area contributed by atoms with Crippen LogP contribution in [0.15, 0.2) is 107 Å². The van der Waals surface area contributed by atoms with Gasteiger partial charge in [0, 0.05) is 0 Å². The summed E-state index contributed by atoms with van der Waals surface area (Å²) < 4.78 is 9.42. The minimum absolute atomic E-state index is 0.123. The van der Waals surface area contributed by atoms with Crippen molar-refractivity contribution in [1.82, 2.24) is 0 Å². The zero-order chi connectivity index (χ0) is 34.4. The molecule has 0 aromatic heterocycles. The second kappa shape index (κ2) is 14.0. The predicted molar refractivity (Wildman–Crippen MR) is 210 cm³/mol.